The van der Waals surface area contributed by atoms with Gasteiger partial charge in [-0.25, -0.2) is 0 Å². The van der Waals surface area contributed by atoms with E-state index in [1.54, 1.807) is 6.20 Å². The number of aliphatic hydroxyl groups excluding tert-OH is 1. The summed E-state index contributed by atoms with van der Waals surface area (Å²) in [7, 11) is 0. The summed E-state index contributed by atoms with van der Waals surface area (Å²) in [6, 6.07) is 25.3. The lowest BCUT2D eigenvalue weighted by atomic mass is 9.99. The van der Waals surface area contributed by atoms with Gasteiger partial charge in [0.25, 0.3) is 0 Å². The average molecular weight is 466 g/mol. The number of ether oxygens (including phenoxy) is 1. The van der Waals surface area contributed by atoms with E-state index in [0.29, 0.717) is 6.54 Å². The lowest BCUT2D eigenvalue weighted by molar-refractivity contribution is 0.0450. The molecule has 1 saturated heterocycles. The highest BCUT2D eigenvalue weighted by atomic mass is 16.5. The predicted molar refractivity (Wildman–Crippen MR) is 140 cm³/mol. The topological polar surface area (TPSA) is 48.8 Å². The van der Waals surface area contributed by atoms with Crippen LogP contribution in [-0.2, 0) is 13.0 Å². The second-order valence-electron chi connectivity index (χ2n) is 9.65. The fourth-order valence-electron chi connectivity index (χ4n) is 5.51. The van der Waals surface area contributed by atoms with E-state index in [4.69, 9.17) is 4.74 Å². The van der Waals surface area contributed by atoms with Crippen molar-refractivity contribution >= 4 is 10.9 Å². The summed E-state index contributed by atoms with van der Waals surface area (Å²) in [4.78, 5) is 9.26. The molecule has 0 bridgehead atoms. The summed E-state index contributed by atoms with van der Waals surface area (Å²) >= 11 is 0. The number of rotatable bonds is 7. The number of benzene rings is 3. The first-order chi connectivity index (χ1) is 17.2. The maximum Gasteiger partial charge on any atom is 0.128 e. The van der Waals surface area contributed by atoms with Crippen molar-refractivity contribution in [3.8, 4) is 16.9 Å². The van der Waals surface area contributed by atoms with E-state index in [-0.39, 0.29) is 6.61 Å². The molecule has 178 valence electrons. The Hall–Kier alpha value is -3.25. The van der Waals surface area contributed by atoms with Crippen LogP contribution in [0.5, 0.6) is 5.75 Å². The van der Waals surface area contributed by atoms with Crippen LogP contribution < -0.4 is 4.74 Å². The zero-order chi connectivity index (χ0) is 23.6. The first-order valence-corrected chi connectivity index (χ1v) is 12.5. The van der Waals surface area contributed by atoms with E-state index in [2.05, 4.69) is 57.2 Å². The minimum absolute atomic E-state index is 0.282. The molecular formula is C30H31N3O2. The van der Waals surface area contributed by atoms with Crippen molar-refractivity contribution in [2.24, 2.45) is 0 Å². The van der Waals surface area contributed by atoms with Gasteiger partial charge < -0.3 is 9.84 Å². The zero-order valence-electron chi connectivity index (χ0n) is 19.9. The number of aliphatic hydroxyl groups is 1. The fourth-order valence-corrected chi connectivity index (χ4v) is 5.51. The Labute approximate surface area is 206 Å². The van der Waals surface area contributed by atoms with Crippen molar-refractivity contribution in [1.82, 2.24) is 14.8 Å². The summed E-state index contributed by atoms with van der Waals surface area (Å²) in [6.07, 6.45) is 2.30. The van der Waals surface area contributed by atoms with Crippen molar-refractivity contribution in [1.29, 1.82) is 0 Å². The molecule has 0 saturated carbocycles. The summed E-state index contributed by atoms with van der Waals surface area (Å²) in [5.74, 6) is 0.774. The zero-order valence-corrected chi connectivity index (χ0v) is 19.9. The Morgan fingerprint density at radius 2 is 1.63 bits per heavy atom. The monoisotopic (exact) mass is 465 g/mol. The van der Waals surface area contributed by atoms with Gasteiger partial charge in [-0.3, -0.25) is 14.8 Å². The molecule has 1 atom stereocenters. The molecule has 1 N–H and O–H groups in total. The van der Waals surface area contributed by atoms with Gasteiger partial charge in [-0.2, -0.15) is 0 Å². The molecule has 1 unspecified atom stereocenters. The van der Waals surface area contributed by atoms with Gasteiger partial charge >= 0.3 is 0 Å². The van der Waals surface area contributed by atoms with E-state index < -0.39 is 6.10 Å². The van der Waals surface area contributed by atoms with E-state index >= 15 is 0 Å². The molecule has 35 heavy (non-hydrogen) atoms. The number of nitrogens with zero attached hydrogens (tertiary/aromatic N) is 3. The van der Waals surface area contributed by atoms with E-state index in [0.717, 1.165) is 55.8 Å². The molecule has 1 aromatic heterocycles. The lowest BCUT2D eigenvalue weighted by Crippen LogP contribution is -2.48. The molecule has 0 radical (unpaired) electrons. The van der Waals surface area contributed by atoms with Gasteiger partial charge in [-0.05, 0) is 58.5 Å². The van der Waals surface area contributed by atoms with Crippen molar-refractivity contribution in [2.45, 2.75) is 19.1 Å². The van der Waals surface area contributed by atoms with Crippen LogP contribution in [0, 0.1) is 0 Å². The summed E-state index contributed by atoms with van der Waals surface area (Å²) in [5, 5.41) is 11.6. The molecule has 5 heteroatoms. The Morgan fingerprint density at radius 3 is 2.54 bits per heavy atom. The SMILES string of the molecule is OC(COc1cccc2ncccc12)CN1CCN(Cc2cccc3c2-c2ccccc2C3)CC1. The van der Waals surface area contributed by atoms with Gasteiger partial charge in [-0.1, -0.05) is 48.5 Å². The number of fused-ring (bicyclic) bond motifs is 4. The molecule has 0 amide bonds. The number of hydrogen-bond donors (Lipinski definition) is 1. The van der Waals surface area contributed by atoms with Crippen LogP contribution in [0.2, 0.25) is 0 Å². The first kappa shape index (κ1) is 22.2. The van der Waals surface area contributed by atoms with Crippen molar-refractivity contribution in [2.75, 3.05) is 39.3 Å². The fraction of sp³-hybridized carbons (Fsp3) is 0.300. The number of β-amino-alcohol motifs (C(OH)–C–C–N with tert-alkyl or cyclic N) is 1. The van der Waals surface area contributed by atoms with E-state index in [9.17, 15) is 5.11 Å². The van der Waals surface area contributed by atoms with Crippen LogP contribution in [0.25, 0.3) is 22.0 Å². The number of piperazine rings is 1. The summed E-state index contributed by atoms with van der Waals surface area (Å²) in [5.41, 5.74) is 8.08. The van der Waals surface area contributed by atoms with Gasteiger partial charge in [-0.15, -0.1) is 0 Å². The average Bonchev–Trinajstić information content (AvgIpc) is 3.28. The number of pyridine rings is 1. The lowest BCUT2D eigenvalue weighted by Gasteiger charge is -2.36. The minimum Gasteiger partial charge on any atom is -0.490 e. The molecule has 1 aliphatic heterocycles. The molecule has 5 nitrogen and oxygen atoms in total. The van der Waals surface area contributed by atoms with Crippen LogP contribution in [-0.4, -0.2) is 65.3 Å². The highest BCUT2D eigenvalue weighted by molar-refractivity contribution is 5.84. The van der Waals surface area contributed by atoms with Gasteiger partial charge in [0.1, 0.15) is 18.5 Å². The third-order valence-corrected chi connectivity index (χ3v) is 7.27. The molecule has 6 rings (SSSR count). The van der Waals surface area contributed by atoms with Crippen molar-refractivity contribution in [3.63, 3.8) is 0 Å². The molecule has 3 aromatic carbocycles. The van der Waals surface area contributed by atoms with Gasteiger partial charge in [0.05, 0.1) is 5.52 Å². The highest BCUT2D eigenvalue weighted by Crippen LogP contribution is 2.39. The quantitative estimate of drug-likeness (QED) is 0.387. The van der Waals surface area contributed by atoms with Gasteiger partial charge in [0.15, 0.2) is 0 Å². The Bertz CT molecular complexity index is 1320. The second kappa shape index (κ2) is 9.78. The maximum atomic E-state index is 10.6. The molecule has 0 spiro atoms. The van der Waals surface area contributed by atoms with Crippen LogP contribution in [0.3, 0.4) is 0 Å². The largest absolute Gasteiger partial charge is 0.490 e. The van der Waals surface area contributed by atoms with Gasteiger partial charge in [0.2, 0.25) is 0 Å². The first-order valence-electron chi connectivity index (χ1n) is 12.5. The number of aromatic nitrogens is 1. The van der Waals surface area contributed by atoms with Crippen LogP contribution in [0.4, 0.5) is 0 Å². The smallest absolute Gasteiger partial charge is 0.128 e. The highest BCUT2D eigenvalue weighted by Gasteiger charge is 2.24. The molecule has 2 heterocycles. The van der Waals surface area contributed by atoms with Crippen LogP contribution in [0.15, 0.2) is 79.0 Å². The molecule has 1 fully saturated rings. The third-order valence-electron chi connectivity index (χ3n) is 7.27. The van der Waals surface area contributed by atoms with Crippen molar-refractivity contribution < 1.29 is 9.84 Å². The maximum absolute atomic E-state index is 10.6. The summed E-state index contributed by atoms with van der Waals surface area (Å²) in [6.45, 7) is 5.82. The molecular weight excluding hydrogens is 434 g/mol. The Balaban J connectivity index is 1.02. The van der Waals surface area contributed by atoms with Gasteiger partial charge in [0, 0.05) is 50.9 Å². The number of hydrogen-bond acceptors (Lipinski definition) is 5. The molecule has 4 aromatic rings. The van der Waals surface area contributed by atoms with Crippen LogP contribution >= 0.6 is 0 Å². The van der Waals surface area contributed by atoms with Crippen LogP contribution in [0.1, 0.15) is 16.7 Å². The van der Waals surface area contributed by atoms with E-state index in [1.165, 1.54) is 27.8 Å². The predicted octanol–water partition coefficient (Wildman–Crippen LogP) is 4.36. The van der Waals surface area contributed by atoms with E-state index in [1.807, 2.05) is 30.3 Å². The third kappa shape index (κ3) is 4.67. The molecule has 1 aliphatic carbocycles. The Morgan fingerprint density at radius 1 is 0.829 bits per heavy atom. The normalized spacial score (nSPS) is 16.7. The summed E-state index contributed by atoms with van der Waals surface area (Å²) < 4.78 is 5.97. The molecule has 2 aliphatic rings. The Kier molecular flexibility index (Phi) is 6.21. The second-order valence-corrected chi connectivity index (χ2v) is 9.65. The minimum atomic E-state index is -0.526. The standard InChI is InChI=1S/C30H31N3O2/c34-25(21-35-29-12-4-11-28-27(29)10-5-13-31-28)20-33-16-14-32(15-17-33)19-24-8-3-7-23-18-22-6-1-2-9-26(22)30(23)24/h1-13,25,34H,14-21H2. The van der Waals surface area contributed by atoms with Crippen molar-refractivity contribution in [3.05, 3.63) is 95.7 Å².